The first-order valence-corrected chi connectivity index (χ1v) is 15.9. The molecular formula is C32H62O4. The van der Waals surface area contributed by atoms with E-state index in [0.717, 1.165) is 45.3 Å². The molecule has 0 radical (unpaired) electrons. The Morgan fingerprint density at radius 2 is 1.06 bits per heavy atom. The Bertz CT molecular complexity index is 469. The predicted octanol–water partition coefficient (Wildman–Crippen LogP) is 8.93. The lowest BCUT2D eigenvalue weighted by Gasteiger charge is -2.25. The number of hydrogen-bond acceptors (Lipinski definition) is 4. The molecule has 1 rings (SSSR count). The van der Waals surface area contributed by atoms with Crippen LogP contribution < -0.4 is 0 Å². The zero-order chi connectivity index (χ0) is 26.1. The number of aliphatic hydroxyl groups excluding tert-OH is 1. The van der Waals surface area contributed by atoms with Crippen molar-refractivity contribution in [1.29, 1.82) is 0 Å². The highest BCUT2D eigenvalue weighted by Crippen LogP contribution is 2.30. The fourth-order valence-corrected chi connectivity index (χ4v) is 5.31. The second-order valence-electron chi connectivity index (χ2n) is 10.9. The van der Waals surface area contributed by atoms with Crippen molar-refractivity contribution in [3.05, 3.63) is 12.7 Å². The molecule has 0 aliphatic carbocycles. The Balaban J connectivity index is 2.43. The van der Waals surface area contributed by atoms with Gasteiger partial charge in [-0.25, -0.2) is 0 Å². The molecule has 0 saturated carbocycles. The highest BCUT2D eigenvalue weighted by atomic mass is 16.6. The van der Waals surface area contributed by atoms with Gasteiger partial charge >= 0.3 is 0 Å². The molecule has 1 heterocycles. The molecule has 214 valence electrons. The maximum atomic E-state index is 10.0. The van der Waals surface area contributed by atoms with Crippen LogP contribution in [0.25, 0.3) is 0 Å². The SMILES string of the molecule is C=CCCCCCCCCC[C@H]1O[C@H](CO)[C@@H](OCCCCCCCC)[C@@H]1OCCCCCCCC. The highest BCUT2D eigenvalue weighted by Gasteiger charge is 2.45. The van der Waals surface area contributed by atoms with Crippen molar-refractivity contribution in [3.8, 4) is 0 Å². The highest BCUT2D eigenvalue weighted by molar-refractivity contribution is 4.93. The van der Waals surface area contributed by atoms with Gasteiger partial charge in [0, 0.05) is 13.2 Å². The minimum absolute atomic E-state index is 0.0131. The molecule has 0 amide bonds. The molecule has 0 aromatic carbocycles. The molecule has 4 atom stereocenters. The standard InChI is InChI=1S/C32H62O4/c1-4-7-10-13-16-17-18-19-22-25-29-31(34-26-23-20-14-11-8-5-2)32(30(28-33)36-29)35-27-24-21-15-12-9-6-3/h4,29-33H,1,5-28H2,2-3H3/t29-,30-,31-,32-/m1/s1. The summed E-state index contributed by atoms with van der Waals surface area (Å²) in [6.07, 6.45) is 27.9. The molecule has 0 bridgehead atoms. The molecule has 0 aromatic rings. The van der Waals surface area contributed by atoms with Crippen molar-refractivity contribution < 1.29 is 19.3 Å². The summed E-state index contributed by atoms with van der Waals surface area (Å²) in [6, 6.07) is 0. The second-order valence-corrected chi connectivity index (χ2v) is 10.9. The smallest absolute Gasteiger partial charge is 0.115 e. The lowest BCUT2D eigenvalue weighted by molar-refractivity contribution is -0.0735. The molecule has 1 N–H and O–H groups in total. The summed E-state index contributed by atoms with van der Waals surface area (Å²) < 4.78 is 19.1. The molecule has 1 aliphatic rings. The zero-order valence-electron chi connectivity index (χ0n) is 24.2. The van der Waals surface area contributed by atoms with Crippen LogP contribution in [-0.4, -0.2) is 49.3 Å². The van der Waals surface area contributed by atoms with E-state index in [1.807, 2.05) is 6.08 Å². The summed E-state index contributed by atoms with van der Waals surface area (Å²) in [5, 5.41) is 10.0. The van der Waals surface area contributed by atoms with Crippen LogP contribution in [0, 0.1) is 0 Å². The van der Waals surface area contributed by atoms with Crippen LogP contribution in [0.3, 0.4) is 0 Å². The maximum absolute atomic E-state index is 10.0. The third-order valence-corrected chi connectivity index (χ3v) is 7.60. The van der Waals surface area contributed by atoms with Crippen LogP contribution in [0.4, 0.5) is 0 Å². The first-order valence-electron chi connectivity index (χ1n) is 15.9. The van der Waals surface area contributed by atoms with Crippen molar-refractivity contribution in [2.24, 2.45) is 0 Å². The van der Waals surface area contributed by atoms with E-state index in [1.165, 1.54) is 103 Å². The average molecular weight is 511 g/mol. The third kappa shape index (κ3) is 16.4. The largest absolute Gasteiger partial charge is 0.394 e. The van der Waals surface area contributed by atoms with E-state index in [4.69, 9.17) is 14.2 Å². The van der Waals surface area contributed by atoms with Crippen LogP contribution in [0.5, 0.6) is 0 Å². The normalized spacial score (nSPS) is 21.9. The lowest BCUT2D eigenvalue weighted by Crippen LogP contribution is -2.39. The summed E-state index contributed by atoms with van der Waals surface area (Å²) in [4.78, 5) is 0. The van der Waals surface area contributed by atoms with Gasteiger partial charge in [-0.15, -0.1) is 6.58 Å². The summed E-state index contributed by atoms with van der Waals surface area (Å²) in [7, 11) is 0. The Morgan fingerprint density at radius 3 is 1.56 bits per heavy atom. The van der Waals surface area contributed by atoms with Gasteiger partial charge in [0.2, 0.25) is 0 Å². The Morgan fingerprint density at radius 1 is 0.611 bits per heavy atom. The first-order chi connectivity index (χ1) is 17.8. The van der Waals surface area contributed by atoms with Crippen molar-refractivity contribution in [2.75, 3.05) is 19.8 Å². The average Bonchev–Trinajstić information content (AvgIpc) is 3.22. The van der Waals surface area contributed by atoms with Gasteiger partial charge in [-0.2, -0.15) is 0 Å². The molecule has 0 aromatic heterocycles. The summed E-state index contributed by atoms with van der Waals surface area (Å²) in [5.41, 5.74) is 0. The van der Waals surface area contributed by atoms with Gasteiger partial charge < -0.3 is 19.3 Å². The summed E-state index contributed by atoms with van der Waals surface area (Å²) in [5.74, 6) is 0. The minimum atomic E-state index is -0.255. The molecule has 0 spiro atoms. The van der Waals surface area contributed by atoms with E-state index in [-0.39, 0.29) is 31.0 Å². The molecule has 4 heteroatoms. The van der Waals surface area contributed by atoms with Crippen LogP contribution >= 0.6 is 0 Å². The monoisotopic (exact) mass is 510 g/mol. The molecule has 1 fully saturated rings. The predicted molar refractivity (Wildman–Crippen MR) is 154 cm³/mol. The minimum Gasteiger partial charge on any atom is -0.394 e. The van der Waals surface area contributed by atoms with Crippen molar-refractivity contribution in [3.63, 3.8) is 0 Å². The second kappa shape index (κ2) is 24.9. The first kappa shape index (κ1) is 33.6. The number of unbranched alkanes of at least 4 members (excludes halogenated alkanes) is 17. The van der Waals surface area contributed by atoms with Crippen molar-refractivity contribution in [2.45, 2.75) is 173 Å². The van der Waals surface area contributed by atoms with Crippen LogP contribution in [-0.2, 0) is 14.2 Å². The van der Waals surface area contributed by atoms with Gasteiger partial charge in [0.15, 0.2) is 0 Å². The summed E-state index contributed by atoms with van der Waals surface area (Å²) in [6.45, 7) is 9.85. The molecular weight excluding hydrogens is 448 g/mol. The van der Waals surface area contributed by atoms with Gasteiger partial charge in [0.05, 0.1) is 12.7 Å². The Kier molecular flexibility index (Phi) is 23.2. The molecule has 0 unspecified atom stereocenters. The topological polar surface area (TPSA) is 47.9 Å². The quantitative estimate of drug-likeness (QED) is 0.0885. The van der Waals surface area contributed by atoms with E-state index >= 15 is 0 Å². The number of aliphatic hydroxyl groups is 1. The van der Waals surface area contributed by atoms with Gasteiger partial charge in [-0.1, -0.05) is 123 Å². The van der Waals surface area contributed by atoms with E-state index < -0.39 is 0 Å². The van der Waals surface area contributed by atoms with Crippen molar-refractivity contribution in [1.82, 2.24) is 0 Å². The number of allylic oxidation sites excluding steroid dienone is 1. The number of rotatable bonds is 27. The van der Waals surface area contributed by atoms with E-state index in [0.29, 0.717) is 0 Å². The van der Waals surface area contributed by atoms with Gasteiger partial charge in [0.25, 0.3) is 0 Å². The van der Waals surface area contributed by atoms with E-state index in [1.54, 1.807) is 0 Å². The zero-order valence-corrected chi connectivity index (χ0v) is 24.2. The summed E-state index contributed by atoms with van der Waals surface area (Å²) >= 11 is 0. The number of hydrogen-bond donors (Lipinski definition) is 1. The Labute approximate surface area is 224 Å². The third-order valence-electron chi connectivity index (χ3n) is 7.60. The molecule has 4 nitrogen and oxygen atoms in total. The van der Waals surface area contributed by atoms with Crippen LogP contribution in [0.2, 0.25) is 0 Å². The van der Waals surface area contributed by atoms with Gasteiger partial charge in [-0.05, 0) is 32.1 Å². The fourth-order valence-electron chi connectivity index (χ4n) is 5.31. The lowest BCUT2D eigenvalue weighted by atomic mass is 10.0. The van der Waals surface area contributed by atoms with Crippen molar-refractivity contribution >= 4 is 0 Å². The van der Waals surface area contributed by atoms with E-state index in [9.17, 15) is 5.11 Å². The van der Waals surface area contributed by atoms with Gasteiger partial charge in [-0.3, -0.25) is 0 Å². The van der Waals surface area contributed by atoms with Gasteiger partial charge in [0.1, 0.15) is 18.3 Å². The number of ether oxygens (including phenoxy) is 3. The molecule has 36 heavy (non-hydrogen) atoms. The maximum Gasteiger partial charge on any atom is 0.115 e. The molecule has 1 aliphatic heterocycles. The van der Waals surface area contributed by atoms with E-state index in [2.05, 4.69) is 20.4 Å². The Hall–Kier alpha value is -0.420. The fraction of sp³-hybridized carbons (Fsp3) is 0.938. The molecule has 1 saturated heterocycles. The van der Waals surface area contributed by atoms with Crippen LogP contribution in [0.1, 0.15) is 149 Å². The van der Waals surface area contributed by atoms with Crippen LogP contribution in [0.15, 0.2) is 12.7 Å².